The normalized spacial score (nSPS) is 23.3. The lowest BCUT2D eigenvalue weighted by Crippen LogP contribution is -2.60. The minimum Gasteiger partial charge on any atom is -0.471 e. The Morgan fingerprint density at radius 3 is 2.45 bits per heavy atom. The maximum absolute atomic E-state index is 13.3. The highest BCUT2D eigenvalue weighted by Crippen LogP contribution is 2.39. The highest BCUT2D eigenvalue weighted by atomic mass is 35.5. The van der Waals surface area contributed by atoms with Crippen LogP contribution < -0.4 is 15.0 Å². The van der Waals surface area contributed by atoms with Crippen LogP contribution in [-0.2, 0) is 19.9 Å². The van der Waals surface area contributed by atoms with Crippen molar-refractivity contribution in [1.82, 2.24) is 5.32 Å². The molecule has 0 radical (unpaired) electrons. The summed E-state index contributed by atoms with van der Waals surface area (Å²) in [6.45, 7) is 3.09. The van der Waals surface area contributed by atoms with E-state index in [1.807, 2.05) is 41.1 Å². The number of para-hydroxylation sites is 1. The van der Waals surface area contributed by atoms with Crippen LogP contribution in [-0.4, -0.2) is 44.1 Å². The molecule has 0 aliphatic carbocycles. The number of benzene rings is 2. The number of anilines is 1. The largest absolute Gasteiger partial charge is 0.471 e. The summed E-state index contributed by atoms with van der Waals surface area (Å²) in [7, 11) is 0. The molecular formula is C25H23ClN2O4S. The van der Waals surface area contributed by atoms with E-state index in [2.05, 4.69) is 10.2 Å². The third-order valence-electron chi connectivity index (χ3n) is 6.14. The predicted octanol–water partition coefficient (Wildman–Crippen LogP) is 4.02. The SMILES string of the molecule is O=C1C[C@](c2ccc(N3CCOCC3)cc2)(c2ccsc2)NC(=O)C1Oc1ccccc1Cl. The van der Waals surface area contributed by atoms with Crippen molar-refractivity contribution < 1.29 is 19.1 Å². The zero-order valence-electron chi connectivity index (χ0n) is 17.8. The Kier molecular flexibility index (Phi) is 6.10. The topological polar surface area (TPSA) is 67.9 Å². The van der Waals surface area contributed by atoms with Crippen LogP contribution in [0, 0.1) is 0 Å². The molecule has 0 saturated carbocycles. The molecule has 3 aromatic rings. The molecule has 33 heavy (non-hydrogen) atoms. The Balaban J connectivity index is 1.45. The van der Waals surface area contributed by atoms with Crippen molar-refractivity contribution in [2.75, 3.05) is 31.2 Å². The number of rotatable bonds is 5. The lowest BCUT2D eigenvalue weighted by molar-refractivity contribution is -0.144. The Bertz CT molecular complexity index is 1130. The van der Waals surface area contributed by atoms with Crippen LogP contribution in [0.5, 0.6) is 5.75 Å². The first-order valence-electron chi connectivity index (χ1n) is 10.8. The first-order valence-corrected chi connectivity index (χ1v) is 12.1. The van der Waals surface area contributed by atoms with Gasteiger partial charge in [0.2, 0.25) is 6.10 Å². The molecule has 2 saturated heterocycles. The standard InChI is InChI=1S/C25H23ClN2O4S/c26-20-3-1-2-4-22(20)32-23-21(29)15-25(27-24(23)30,18-9-14-33-16-18)17-5-7-19(8-6-17)28-10-12-31-13-11-28/h1-9,14,16,23H,10-13,15H2,(H,27,30)/t23?,25-/m0/s1. The van der Waals surface area contributed by atoms with Crippen molar-refractivity contribution in [2.24, 2.45) is 0 Å². The van der Waals surface area contributed by atoms with Gasteiger partial charge in [-0.3, -0.25) is 9.59 Å². The number of hydrogen-bond donors (Lipinski definition) is 1. The predicted molar refractivity (Wildman–Crippen MR) is 128 cm³/mol. The number of carbonyl (C=O) groups excluding carboxylic acids is 2. The molecule has 5 rings (SSSR count). The second-order valence-corrected chi connectivity index (χ2v) is 9.31. The maximum Gasteiger partial charge on any atom is 0.269 e. The monoisotopic (exact) mass is 482 g/mol. The van der Waals surface area contributed by atoms with Gasteiger partial charge in [-0.2, -0.15) is 11.3 Å². The van der Waals surface area contributed by atoms with Gasteiger partial charge in [0, 0.05) is 25.2 Å². The maximum atomic E-state index is 13.3. The fourth-order valence-electron chi connectivity index (χ4n) is 4.41. The number of ketones is 1. The number of morpholine rings is 1. The number of Topliss-reactive ketones (excluding diaryl/α,β-unsaturated/α-hetero) is 1. The van der Waals surface area contributed by atoms with Gasteiger partial charge in [0.05, 0.1) is 23.8 Å². The van der Waals surface area contributed by atoms with Crippen LogP contribution in [0.1, 0.15) is 17.5 Å². The number of nitrogens with one attached hydrogen (secondary N) is 1. The Labute approximate surface area is 201 Å². The van der Waals surface area contributed by atoms with E-state index in [9.17, 15) is 9.59 Å². The number of amides is 1. The minimum absolute atomic E-state index is 0.0848. The molecular weight excluding hydrogens is 460 g/mol. The van der Waals surface area contributed by atoms with Crippen molar-refractivity contribution in [2.45, 2.75) is 18.1 Å². The van der Waals surface area contributed by atoms with Crippen LogP contribution >= 0.6 is 22.9 Å². The summed E-state index contributed by atoms with van der Waals surface area (Å²) in [6.07, 6.45) is -1.16. The molecule has 1 unspecified atom stereocenters. The van der Waals surface area contributed by atoms with E-state index >= 15 is 0 Å². The zero-order valence-corrected chi connectivity index (χ0v) is 19.4. The Morgan fingerprint density at radius 1 is 1.03 bits per heavy atom. The zero-order chi connectivity index (χ0) is 22.8. The summed E-state index contributed by atoms with van der Waals surface area (Å²) >= 11 is 7.70. The molecule has 1 N–H and O–H groups in total. The van der Waals surface area contributed by atoms with Gasteiger partial charge in [-0.25, -0.2) is 0 Å². The van der Waals surface area contributed by atoms with Gasteiger partial charge in [-0.15, -0.1) is 0 Å². The smallest absolute Gasteiger partial charge is 0.269 e. The average molecular weight is 483 g/mol. The second-order valence-electron chi connectivity index (χ2n) is 8.12. The van der Waals surface area contributed by atoms with E-state index in [0.29, 0.717) is 24.0 Å². The van der Waals surface area contributed by atoms with Crippen LogP contribution in [0.15, 0.2) is 65.4 Å². The van der Waals surface area contributed by atoms with Crippen LogP contribution in [0.2, 0.25) is 5.02 Å². The number of thiophene rings is 1. The number of halogens is 1. The molecule has 0 spiro atoms. The van der Waals surface area contributed by atoms with E-state index in [-0.39, 0.29) is 12.2 Å². The van der Waals surface area contributed by atoms with Crippen molar-refractivity contribution >= 4 is 40.3 Å². The number of ether oxygens (including phenoxy) is 2. The third-order valence-corrected chi connectivity index (χ3v) is 7.13. The Morgan fingerprint density at radius 2 is 1.79 bits per heavy atom. The Hall–Kier alpha value is -2.87. The first-order chi connectivity index (χ1) is 16.1. The molecule has 0 bridgehead atoms. The van der Waals surface area contributed by atoms with E-state index in [0.717, 1.165) is 29.9 Å². The summed E-state index contributed by atoms with van der Waals surface area (Å²) in [5, 5.41) is 7.38. The lowest BCUT2D eigenvalue weighted by atomic mass is 9.76. The van der Waals surface area contributed by atoms with Crippen LogP contribution in [0.3, 0.4) is 0 Å². The number of carbonyl (C=O) groups is 2. The van der Waals surface area contributed by atoms with Crippen LogP contribution in [0.25, 0.3) is 0 Å². The van der Waals surface area contributed by atoms with Gasteiger partial charge in [-0.1, -0.05) is 35.9 Å². The summed E-state index contributed by atoms with van der Waals surface area (Å²) in [4.78, 5) is 28.7. The molecule has 170 valence electrons. The third kappa shape index (κ3) is 4.24. The second kappa shape index (κ2) is 9.17. The number of piperidine rings is 1. The molecule has 2 atom stereocenters. The van der Waals surface area contributed by atoms with Gasteiger partial charge in [0.15, 0.2) is 5.78 Å². The summed E-state index contributed by atoms with van der Waals surface area (Å²) < 4.78 is 11.2. The number of nitrogens with zero attached hydrogens (tertiary/aromatic N) is 1. The molecule has 2 aromatic carbocycles. The quantitative estimate of drug-likeness (QED) is 0.556. The summed E-state index contributed by atoms with van der Waals surface area (Å²) in [5.74, 6) is -0.456. The summed E-state index contributed by atoms with van der Waals surface area (Å²) in [6, 6.07) is 16.8. The fraction of sp³-hybridized carbons (Fsp3) is 0.280. The van der Waals surface area contributed by atoms with Gasteiger partial charge >= 0.3 is 0 Å². The number of hydrogen-bond acceptors (Lipinski definition) is 6. The molecule has 2 fully saturated rings. The van der Waals surface area contributed by atoms with Gasteiger partial charge in [0.25, 0.3) is 5.91 Å². The molecule has 2 aliphatic rings. The molecule has 2 aliphatic heterocycles. The van der Waals surface area contributed by atoms with Gasteiger partial charge in [-0.05, 0) is 52.2 Å². The highest BCUT2D eigenvalue weighted by molar-refractivity contribution is 7.08. The minimum atomic E-state index is -1.25. The average Bonchev–Trinajstić information content (AvgIpc) is 3.39. The van der Waals surface area contributed by atoms with Crippen molar-refractivity contribution in [1.29, 1.82) is 0 Å². The van der Waals surface area contributed by atoms with Crippen molar-refractivity contribution in [3.8, 4) is 5.75 Å². The van der Waals surface area contributed by atoms with Crippen molar-refractivity contribution in [3.63, 3.8) is 0 Å². The lowest BCUT2D eigenvalue weighted by Gasteiger charge is -2.40. The van der Waals surface area contributed by atoms with E-state index in [1.54, 1.807) is 24.3 Å². The van der Waals surface area contributed by atoms with Gasteiger partial charge in [0.1, 0.15) is 5.75 Å². The first kappa shape index (κ1) is 21.9. The van der Waals surface area contributed by atoms with E-state index < -0.39 is 17.6 Å². The molecule has 3 heterocycles. The molecule has 1 amide bonds. The van der Waals surface area contributed by atoms with Crippen molar-refractivity contribution in [3.05, 3.63) is 81.5 Å². The molecule has 8 heteroatoms. The highest BCUT2D eigenvalue weighted by Gasteiger charge is 2.48. The molecule has 1 aromatic heterocycles. The fourth-order valence-corrected chi connectivity index (χ4v) is 5.32. The van der Waals surface area contributed by atoms with E-state index in [4.69, 9.17) is 21.1 Å². The van der Waals surface area contributed by atoms with Crippen LogP contribution in [0.4, 0.5) is 5.69 Å². The van der Waals surface area contributed by atoms with Gasteiger partial charge < -0.3 is 19.7 Å². The molecule has 6 nitrogen and oxygen atoms in total. The summed E-state index contributed by atoms with van der Waals surface area (Å²) in [5.41, 5.74) is 1.88. The van der Waals surface area contributed by atoms with E-state index in [1.165, 1.54) is 11.3 Å².